The zero-order valence-electron chi connectivity index (χ0n) is 17.6. The van der Waals surface area contributed by atoms with Crippen molar-refractivity contribution in [3.8, 4) is 5.75 Å². The Morgan fingerprint density at radius 3 is 2.38 bits per heavy atom. The lowest BCUT2D eigenvalue weighted by Gasteiger charge is -2.13. The Morgan fingerprint density at radius 2 is 1.76 bits per heavy atom. The highest BCUT2D eigenvalue weighted by Crippen LogP contribution is 2.16. The number of benzene rings is 2. The van der Waals surface area contributed by atoms with Gasteiger partial charge in [0.15, 0.2) is 5.96 Å². The van der Waals surface area contributed by atoms with Gasteiger partial charge in [0, 0.05) is 39.8 Å². The number of hydrogen-bond donors (Lipinski definition) is 2. The summed E-state index contributed by atoms with van der Waals surface area (Å²) in [6.07, 6.45) is 0.871. The molecule has 7 heteroatoms. The largest absolute Gasteiger partial charge is 0.493 e. The average Bonchev–Trinajstić information content (AvgIpc) is 2.71. The normalized spacial score (nSPS) is 10.7. The summed E-state index contributed by atoms with van der Waals surface area (Å²) >= 11 is 0. The number of nitrogens with one attached hydrogen (secondary N) is 2. The van der Waals surface area contributed by atoms with Crippen molar-refractivity contribution < 1.29 is 9.53 Å². The number of carbonyl (C=O) groups is 1. The second-order valence-electron chi connectivity index (χ2n) is 6.72. The molecule has 0 heterocycles. The highest BCUT2D eigenvalue weighted by molar-refractivity contribution is 14.0. The van der Waals surface area contributed by atoms with Crippen LogP contribution in [0.25, 0.3) is 0 Å². The monoisotopic (exact) mass is 510 g/mol. The lowest BCUT2D eigenvalue weighted by molar-refractivity contribution is 0.0827. The first-order chi connectivity index (χ1) is 13.5. The summed E-state index contributed by atoms with van der Waals surface area (Å²) in [5, 5.41) is 6.56. The van der Waals surface area contributed by atoms with E-state index in [1.807, 2.05) is 55.5 Å². The lowest BCUT2D eigenvalue weighted by Crippen LogP contribution is -2.37. The van der Waals surface area contributed by atoms with E-state index in [-0.39, 0.29) is 29.9 Å². The number of aryl methyl sites for hydroxylation is 1. The Morgan fingerprint density at radius 1 is 1.07 bits per heavy atom. The van der Waals surface area contributed by atoms with Crippen molar-refractivity contribution in [1.29, 1.82) is 0 Å². The molecule has 158 valence electrons. The molecule has 0 saturated heterocycles. The van der Waals surface area contributed by atoms with Crippen molar-refractivity contribution in [3.05, 3.63) is 65.2 Å². The number of nitrogens with zero attached hydrogens (tertiary/aromatic N) is 2. The van der Waals surface area contributed by atoms with Gasteiger partial charge in [-0.3, -0.25) is 9.79 Å². The van der Waals surface area contributed by atoms with Crippen LogP contribution < -0.4 is 15.4 Å². The molecule has 0 bridgehead atoms. The van der Waals surface area contributed by atoms with E-state index in [4.69, 9.17) is 4.74 Å². The zero-order chi connectivity index (χ0) is 20.4. The maximum absolute atomic E-state index is 11.9. The fourth-order valence-electron chi connectivity index (χ4n) is 2.61. The van der Waals surface area contributed by atoms with Crippen LogP contribution in [0.4, 0.5) is 0 Å². The summed E-state index contributed by atoms with van der Waals surface area (Å²) < 4.78 is 5.80. The predicted molar refractivity (Wildman–Crippen MR) is 129 cm³/mol. The predicted octanol–water partition coefficient (Wildman–Crippen LogP) is 3.45. The molecular formula is C22H31IN4O2. The molecule has 0 radical (unpaired) electrons. The maximum atomic E-state index is 11.9. The first-order valence-electron chi connectivity index (χ1n) is 9.45. The zero-order valence-corrected chi connectivity index (χ0v) is 19.9. The van der Waals surface area contributed by atoms with Crippen LogP contribution >= 0.6 is 24.0 Å². The van der Waals surface area contributed by atoms with Gasteiger partial charge in [0.1, 0.15) is 5.75 Å². The van der Waals surface area contributed by atoms with E-state index in [0.29, 0.717) is 18.7 Å². The summed E-state index contributed by atoms with van der Waals surface area (Å²) in [6, 6.07) is 15.6. The molecule has 6 nitrogen and oxygen atoms in total. The van der Waals surface area contributed by atoms with E-state index in [1.165, 1.54) is 0 Å². The van der Waals surface area contributed by atoms with Crippen molar-refractivity contribution in [1.82, 2.24) is 15.5 Å². The van der Waals surface area contributed by atoms with Gasteiger partial charge >= 0.3 is 0 Å². The van der Waals surface area contributed by atoms with Crippen LogP contribution in [0.5, 0.6) is 5.75 Å². The van der Waals surface area contributed by atoms with Crippen LogP contribution in [0, 0.1) is 6.92 Å². The van der Waals surface area contributed by atoms with Gasteiger partial charge in [-0.25, -0.2) is 0 Å². The molecule has 2 N–H and O–H groups in total. The number of guanidine groups is 1. The third kappa shape index (κ3) is 8.31. The van der Waals surface area contributed by atoms with E-state index in [1.54, 1.807) is 26.0 Å². The number of amides is 1. The van der Waals surface area contributed by atoms with Crippen LogP contribution in [-0.2, 0) is 6.54 Å². The Labute approximate surface area is 190 Å². The molecule has 0 unspecified atom stereocenters. The highest BCUT2D eigenvalue weighted by atomic mass is 127. The molecule has 0 fully saturated rings. The van der Waals surface area contributed by atoms with E-state index >= 15 is 0 Å². The highest BCUT2D eigenvalue weighted by Gasteiger charge is 2.07. The molecule has 0 aliphatic heterocycles. The fourth-order valence-corrected chi connectivity index (χ4v) is 2.61. The number of rotatable bonds is 8. The van der Waals surface area contributed by atoms with Gasteiger partial charge in [0.2, 0.25) is 0 Å². The minimum atomic E-state index is 0. The lowest BCUT2D eigenvalue weighted by atomic mass is 10.1. The Balaban J connectivity index is 0.00000420. The Bertz CT molecular complexity index is 792. The Kier molecular flexibility index (Phi) is 11.1. The van der Waals surface area contributed by atoms with Gasteiger partial charge in [0.25, 0.3) is 5.91 Å². The van der Waals surface area contributed by atoms with Gasteiger partial charge in [-0.05, 0) is 42.7 Å². The molecule has 0 aliphatic carbocycles. The molecule has 0 spiro atoms. The van der Waals surface area contributed by atoms with Crippen molar-refractivity contribution in [2.75, 3.05) is 34.3 Å². The second kappa shape index (κ2) is 13.0. The fraction of sp³-hybridized carbons (Fsp3) is 0.364. The number of carbonyl (C=O) groups excluding carboxylic acids is 1. The molecular weight excluding hydrogens is 479 g/mol. The first kappa shape index (κ1) is 24.7. The number of hydrogen-bond acceptors (Lipinski definition) is 3. The second-order valence-corrected chi connectivity index (χ2v) is 6.72. The summed E-state index contributed by atoms with van der Waals surface area (Å²) in [5.74, 6) is 1.68. The Hall–Kier alpha value is -2.29. The van der Waals surface area contributed by atoms with E-state index in [2.05, 4.69) is 15.6 Å². The molecule has 0 saturated carbocycles. The molecule has 0 aliphatic rings. The third-order valence-corrected chi connectivity index (χ3v) is 4.26. The topological polar surface area (TPSA) is 66.0 Å². The van der Waals surface area contributed by atoms with Crippen molar-refractivity contribution in [2.45, 2.75) is 19.9 Å². The van der Waals surface area contributed by atoms with Crippen LogP contribution in [0.3, 0.4) is 0 Å². The van der Waals surface area contributed by atoms with Crippen LogP contribution in [0.2, 0.25) is 0 Å². The smallest absolute Gasteiger partial charge is 0.253 e. The van der Waals surface area contributed by atoms with Crippen molar-refractivity contribution in [2.24, 2.45) is 4.99 Å². The first-order valence-corrected chi connectivity index (χ1v) is 9.45. The molecule has 29 heavy (non-hydrogen) atoms. The van der Waals surface area contributed by atoms with E-state index in [9.17, 15) is 4.79 Å². The minimum Gasteiger partial charge on any atom is -0.493 e. The molecule has 0 aromatic heterocycles. The quantitative estimate of drug-likeness (QED) is 0.247. The van der Waals surface area contributed by atoms with Gasteiger partial charge in [-0.2, -0.15) is 0 Å². The van der Waals surface area contributed by atoms with Crippen molar-refractivity contribution >= 4 is 35.8 Å². The van der Waals surface area contributed by atoms with Gasteiger partial charge in [-0.15, -0.1) is 24.0 Å². The number of halogens is 1. The van der Waals surface area contributed by atoms with Crippen LogP contribution in [0.1, 0.15) is 27.9 Å². The maximum Gasteiger partial charge on any atom is 0.253 e. The van der Waals surface area contributed by atoms with Gasteiger partial charge < -0.3 is 20.3 Å². The average molecular weight is 510 g/mol. The van der Waals surface area contributed by atoms with Gasteiger partial charge in [0.05, 0.1) is 6.61 Å². The number of ether oxygens (including phenoxy) is 1. The van der Waals surface area contributed by atoms with E-state index < -0.39 is 0 Å². The number of para-hydroxylation sites is 1. The summed E-state index contributed by atoms with van der Waals surface area (Å²) in [4.78, 5) is 17.7. The van der Waals surface area contributed by atoms with Crippen LogP contribution in [0.15, 0.2) is 53.5 Å². The molecule has 2 rings (SSSR count). The molecule has 1 amide bonds. The molecule has 2 aromatic carbocycles. The standard InChI is InChI=1S/C22H30N4O2.HI/c1-17-8-5-6-9-20(17)28-15-7-14-24-22(23-2)25-16-18-10-12-19(13-11-18)21(27)26(3)4;/h5-6,8-13H,7,14-16H2,1-4H3,(H2,23,24,25);1H. The minimum absolute atomic E-state index is 0. The van der Waals surface area contributed by atoms with E-state index in [0.717, 1.165) is 35.8 Å². The third-order valence-electron chi connectivity index (χ3n) is 4.26. The van der Waals surface area contributed by atoms with Crippen molar-refractivity contribution in [3.63, 3.8) is 0 Å². The summed E-state index contributed by atoms with van der Waals surface area (Å²) in [7, 11) is 5.25. The summed E-state index contributed by atoms with van der Waals surface area (Å²) in [5.41, 5.74) is 2.91. The summed E-state index contributed by atoms with van der Waals surface area (Å²) in [6.45, 7) is 4.09. The number of aliphatic imine (C=N–C) groups is 1. The van der Waals surface area contributed by atoms with Crippen LogP contribution in [-0.4, -0.2) is 51.1 Å². The van der Waals surface area contributed by atoms with Gasteiger partial charge in [-0.1, -0.05) is 30.3 Å². The molecule has 2 aromatic rings. The molecule has 0 atom stereocenters. The SMILES string of the molecule is CN=C(NCCCOc1ccccc1C)NCc1ccc(C(=O)N(C)C)cc1.I.